The Morgan fingerprint density at radius 1 is 0.839 bits per heavy atom. The number of carboxylic acids is 1. The van der Waals surface area contributed by atoms with Gasteiger partial charge in [0.1, 0.15) is 6.54 Å². The van der Waals surface area contributed by atoms with E-state index >= 15 is 0 Å². The van der Waals surface area contributed by atoms with Gasteiger partial charge in [-0.15, -0.1) is 0 Å². The molecule has 6 heteroatoms. The van der Waals surface area contributed by atoms with Gasteiger partial charge < -0.3 is 26.7 Å². The fourth-order valence-corrected chi connectivity index (χ4v) is 3.73. The number of ether oxygens (including phenoxy) is 1. The number of nitrogens with zero attached hydrogens (tertiary/aromatic N) is 1. The van der Waals surface area contributed by atoms with Gasteiger partial charge in [0.05, 0.1) is 31.6 Å². The molecule has 31 heavy (non-hydrogen) atoms. The van der Waals surface area contributed by atoms with Gasteiger partial charge in [-0.05, 0) is 6.42 Å². The fourth-order valence-electron chi connectivity index (χ4n) is 3.73. The first-order valence-corrected chi connectivity index (χ1v) is 12.2. The van der Waals surface area contributed by atoms with E-state index in [2.05, 4.69) is 6.92 Å². The summed E-state index contributed by atoms with van der Waals surface area (Å²) in [6, 6.07) is 0. The van der Waals surface area contributed by atoms with Crippen LogP contribution in [0.15, 0.2) is 0 Å². The lowest BCUT2D eigenvalue weighted by atomic mass is 10.0. The molecule has 0 saturated carbocycles. The second kappa shape index (κ2) is 21.1. The average Bonchev–Trinajstić information content (AvgIpc) is 2.69. The predicted molar refractivity (Wildman–Crippen MR) is 125 cm³/mol. The molecule has 0 spiro atoms. The third-order valence-electron chi connectivity index (χ3n) is 5.34. The molecule has 5 nitrogen and oxygen atoms in total. The molecule has 0 heterocycles. The summed E-state index contributed by atoms with van der Waals surface area (Å²) >= 11 is 0. The van der Waals surface area contributed by atoms with Crippen LogP contribution in [0.2, 0.25) is 0 Å². The Balaban J connectivity index is 0. The van der Waals surface area contributed by atoms with E-state index in [1.54, 1.807) is 0 Å². The zero-order valence-electron chi connectivity index (χ0n) is 23.3. The minimum absolute atomic E-state index is 0. The van der Waals surface area contributed by atoms with Gasteiger partial charge in [-0.1, -0.05) is 96.8 Å². The molecule has 0 unspecified atom stereocenters. The molecule has 0 aromatic heterocycles. The third-order valence-corrected chi connectivity index (χ3v) is 5.34. The molecule has 0 radical (unpaired) electrons. The first-order valence-electron chi connectivity index (χ1n) is 13.7. The number of quaternary nitrogens is 1. The van der Waals surface area contributed by atoms with Crippen LogP contribution in [0.4, 0.5) is 0 Å². The number of hydrogen-bond donors (Lipinski definition) is 1. The zero-order chi connectivity index (χ0) is 25.2. The molecule has 0 fully saturated rings. The number of halogens is 1. The average molecular weight is 467 g/mol. The minimum atomic E-state index is -2.31. The van der Waals surface area contributed by atoms with Crippen LogP contribution in [0.3, 0.4) is 0 Å². The normalized spacial score (nSPS) is 14.1. The molecule has 0 bridgehead atoms. The molecular weight excluding hydrogens is 414 g/mol. The van der Waals surface area contributed by atoms with Gasteiger partial charge in [0, 0.05) is 6.42 Å². The van der Waals surface area contributed by atoms with E-state index in [-0.39, 0.29) is 31.8 Å². The molecule has 0 aromatic carbocycles. The summed E-state index contributed by atoms with van der Waals surface area (Å²) in [6.45, 7) is -0.119. The Morgan fingerprint density at radius 2 is 1.26 bits per heavy atom. The van der Waals surface area contributed by atoms with Crippen LogP contribution in [0.25, 0.3) is 0 Å². The van der Waals surface area contributed by atoms with E-state index in [0.717, 1.165) is 12.8 Å². The maximum absolute atomic E-state index is 12.1. The van der Waals surface area contributed by atoms with Crippen LogP contribution in [-0.4, -0.2) is 55.2 Å². The number of likely N-dealkylation sites (N-methyl/N-ethyl adjacent to an activating group) is 1. The Kier molecular flexibility index (Phi) is 18.0. The standard InChI is InChI=1S/C25H49NO4.ClH/c1-5-6-7-8-9-10-11-12-13-14-15-16-17-18-19-20-25(29)30-23(21-24(27)28)22-26(2,3)4;/h23H,5-22H2,1-4H3;1H/t23-;/m0./s1/i2D3;. The van der Waals surface area contributed by atoms with E-state index in [9.17, 15) is 9.59 Å². The summed E-state index contributed by atoms with van der Waals surface area (Å²) in [5.41, 5.74) is 0. The molecule has 0 amide bonds. The second-order valence-electron chi connectivity index (χ2n) is 9.28. The van der Waals surface area contributed by atoms with Crippen molar-refractivity contribution in [1.29, 1.82) is 0 Å². The topological polar surface area (TPSA) is 63.6 Å². The van der Waals surface area contributed by atoms with Gasteiger partial charge in [0.2, 0.25) is 0 Å². The highest BCUT2D eigenvalue weighted by Gasteiger charge is 2.24. The zero-order valence-corrected chi connectivity index (χ0v) is 21.1. The van der Waals surface area contributed by atoms with E-state index in [4.69, 9.17) is 14.0 Å². The van der Waals surface area contributed by atoms with Gasteiger partial charge >= 0.3 is 11.9 Å². The van der Waals surface area contributed by atoms with Crippen LogP contribution in [0, 0.1) is 0 Å². The van der Waals surface area contributed by atoms with Crippen LogP contribution in [0.1, 0.15) is 120 Å². The Hall–Kier alpha value is -0.810. The number of aliphatic carboxylic acids is 1. The lowest BCUT2D eigenvalue weighted by Gasteiger charge is -2.28. The van der Waals surface area contributed by atoms with Crippen LogP contribution < -0.4 is 12.4 Å². The van der Waals surface area contributed by atoms with Crippen LogP contribution in [-0.2, 0) is 14.3 Å². The molecule has 0 aliphatic heterocycles. The maximum atomic E-state index is 12.1. The number of esters is 1. The van der Waals surface area contributed by atoms with Gasteiger partial charge in [-0.3, -0.25) is 9.59 Å². The van der Waals surface area contributed by atoms with Gasteiger partial charge in [-0.2, -0.15) is 0 Å². The highest BCUT2D eigenvalue weighted by Crippen LogP contribution is 2.14. The van der Waals surface area contributed by atoms with Crippen molar-refractivity contribution in [2.75, 3.05) is 27.6 Å². The van der Waals surface area contributed by atoms with Crippen molar-refractivity contribution in [3.05, 3.63) is 0 Å². The largest absolute Gasteiger partial charge is 1.00 e. The van der Waals surface area contributed by atoms with Crippen molar-refractivity contribution in [2.45, 2.75) is 122 Å². The van der Waals surface area contributed by atoms with Crippen molar-refractivity contribution in [3.63, 3.8) is 0 Å². The summed E-state index contributed by atoms with van der Waals surface area (Å²) in [5, 5.41) is 9.07. The Morgan fingerprint density at radius 3 is 1.65 bits per heavy atom. The molecular formula is C25H50ClNO4. The molecule has 0 aliphatic rings. The summed E-state index contributed by atoms with van der Waals surface area (Å²) in [5.74, 6) is -1.55. The minimum Gasteiger partial charge on any atom is -1.00 e. The van der Waals surface area contributed by atoms with Crippen LogP contribution >= 0.6 is 0 Å². The maximum Gasteiger partial charge on any atom is 0.307 e. The van der Waals surface area contributed by atoms with Gasteiger partial charge in [0.15, 0.2) is 6.10 Å². The number of hydrogen-bond acceptors (Lipinski definition) is 3. The highest BCUT2D eigenvalue weighted by molar-refractivity contribution is 5.71. The number of carboxylic acid groups (broad SMARTS) is 1. The van der Waals surface area contributed by atoms with Crippen molar-refractivity contribution >= 4 is 11.9 Å². The molecule has 1 atom stereocenters. The summed E-state index contributed by atoms with van der Waals surface area (Å²) in [4.78, 5) is 23.2. The van der Waals surface area contributed by atoms with E-state index in [1.165, 1.54) is 91.1 Å². The van der Waals surface area contributed by atoms with Gasteiger partial charge in [0.25, 0.3) is 0 Å². The molecule has 0 aliphatic carbocycles. The van der Waals surface area contributed by atoms with Crippen LogP contribution in [0.5, 0.6) is 0 Å². The first-order chi connectivity index (χ1) is 15.5. The number of rotatable bonds is 21. The quantitative estimate of drug-likeness (QED) is 0.160. The third kappa shape index (κ3) is 25.3. The Bertz CT molecular complexity index is 531. The fraction of sp³-hybridized carbons (Fsp3) is 0.920. The SMILES string of the molecule is [2H]C([2H])([2H])[N+](C)(C)C[C@H](CC(=O)O)OC(=O)CCCCCCCCCCCCCCCCC.[Cl-]. The van der Waals surface area contributed by atoms with Crippen molar-refractivity contribution in [3.8, 4) is 0 Å². The lowest BCUT2D eigenvalue weighted by molar-refractivity contribution is -0.873. The van der Waals surface area contributed by atoms with Gasteiger partial charge in [-0.25, -0.2) is 0 Å². The first kappa shape index (κ1) is 26.4. The molecule has 0 saturated heterocycles. The summed E-state index contributed by atoms with van der Waals surface area (Å²) in [6.07, 6.45) is 17.6. The second-order valence-corrected chi connectivity index (χ2v) is 9.28. The molecule has 1 N–H and O–H groups in total. The van der Waals surface area contributed by atoms with E-state index in [1.807, 2.05) is 0 Å². The lowest BCUT2D eigenvalue weighted by Crippen LogP contribution is -3.00. The van der Waals surface area contributed by atoms with E-state index in [0.29, 0.717) is 6.42 Å². The monoisotopic (exact) mass is 466 g/mol. The summed E-state index contributed by atoms with van der Waals surface area (Å²) in [7, 11) is 2.98. The summed E-state index contributed by atoms with van der Waals surface area (Å²) < 4.78 is 27.7. The number of unbranched alkanes of at least 4 members (excludes halogenated alkanes) is 14. The molecule has 0 rings (SSSR count). The highest BCUT2D eigenvalue weighted by atomic mass is 35.5. The van der Waals surface area contributed by atoms with Crippen molar-refractivity contribution < 1.29 is 40.4 Å². The van der Waals surface area contributed by atoms with Crippen molar-refractivity contribution in [2.24, 2.45) is 0 Å². The Labute approximate surface area is 202 Å². The predicted octanol–water partition coefficient (Wildman–Crippen LogP) is 3.34. The number of carbonyl (C=O) groups is 2. The molecule has 0 aromatic rings. The van der Waals surface area contributed by atoms with Crippen molar-refractivity contribution in [1.82, 2.24) is 0 Å². The number of carbonyl (C=O) groups excluding carboxylic acids is 1. The van der Waals surface area contributed by atoms with E-state index < -0.39 is 29.5 Å². The molecule has 186 valence electrons. The smallest absolute Gasteiger partial charge is 0.307 e.